The van der Waals surface area contributed by atoms with Crippen molar-refractivity contribution in [3.05, 3.63) is 39.9 Å². The fourth-order valence-electron chi connectivity index (χ4n) is 2.28. The minimum absolute atomic E-state index is 0.00720. The molecule has 1 aliphatic heterocycles. The van der Waals surface area contributed by atoms with Crippen molar-refractivity contribution in [2.75, 3.05) is 24.7 Å². The van der Waals surface area contributed by atoms with Crippen LogP contribution in [0, 0.1) is 10.1 Å². The Bertz CT molecular complexity index is 684. The summed E-state index contributed by atoms with van der Waals surface area (Å²) in [6.07, 6.45) is -4.66. The molecule has 11 heteroatoms. The van der Waals surface area contributed by atoms with Gasteiger partial charge in [-0.3, -0.25) is 19.7 Å². The molecule has 0 atom stereocenters. The molecule has 1 heterocycles. The summed E-state index contributed by atoms with van der Waals surface area (Å²) in [5, 5.41) is 11.0. The van der Waals surface area contributed by atoms with Crippen LogP contribution in [0.2, 0.25) is 0 Å². The van der Waals surface area contributed by atoms with Gasteiger partial charge in [-0.25, -0.2) is 0 Å². The van der Waals surface area contributed by atoms with Crippen molar-refractivity contribution in [1.29, 1.82) is 0 Å². The van der Waals surface area contributed by atoms with Crippen LogP contribution in [0.3, 0.4) is 0 Å². The van der Waals surface area contributed by atoms with Crippen LogP contribution in [0.4, 0.5) is 18.9 Å². The molecule has 1 fully saturated rings. The fourth-order valence-corrected chi connectivity index (χ4v) is 3.18. The molecule has 1 aromatic carbocycles. The normalized spacial score (nSPS) is 14.7. The fraction of sp³-hybridized carbons (Fsp3) is 0.429. The number of nitro benzene ring substituents is 1. The zero-order valence-electron chi connectivity index (χ0n) is 12.9. The molecule has 1 aromatic rings. The first-order chi connectivity index (χ1) is 11.7. The second-order valence-electron chi connectivity index (χ2n) is 5.32. The zero-order valence-corrected chi connectivity index (χ0v) is 13.7. The summed E-state index contributed by atoms with van der Waals surface area (Å²) in [7, 11) is 0. The summed E-state index contributed by atoms with van der Waals surface area (Å²) in [6, 6.07) is 5.29. The number of nitro groups is 1. The molecule has 0 N–H and O–H groups in total. The van der Waals surface area contributed by atoms with Crippen molar-refractivity contribution >= 4 is 29.3 Å². The molecule has 0 radical (unpaired) electrons. The molecule has 0 saturated carbocycles. The second-order valence-corrected chi connectivity index (χ2v) is 6.28. The molecule has 2 rings (SSSR count). The summed E-state index contributed by atoms with van der Waals surface area (Å²) in [4.78, 5) is 35.7. The average Bonchev–Trinajstić information content (AvgIpc) is 2.90. The number of nitrogens with zero attached hydrogens (tertiary/aromatic N) is 3. The second kappa shape index (κ2) is 7.72. The quantitative estimate of drug-likeness (QED) is 0.559. The highest BCUT2D eigenvalue weighted by atomic mass is 32.2. The molecule has 2 amide bonds. The van der Waals surface area contributed by atoms with E-state index in [9.17, 15) is 32.9 Å². The average molecular weight is 377 g/mol. The molecular formula is C14H14F3N3O4S. The van der Waals surface area contributed by atoms with E-state index in [1.807, 2.05) is 0 Å². The Morgan fingerprint density at radius 2 is 2.04 bits per heavy atom. The summed E-state index contributed by atoms with van der Waals surface area (Å²) in [5.74, 6) is -0.825. The van der Waals surface area contributed by atoms with Gasteiger partial charge in [-0.15, -0.1) is 11.8 Å². The molecule has 0 unspecified atom stereocenters. The van der Waals surface area contributed by atoms with Crippen molar-refractivity contribution in [3.8, 4) is 0 Å². The first-order valence-corrected chi connectivity index (χ1v) is 8.25. The Balaban J connectivity index is 2.19. The van der Waals surface area contributed by atoms with Gasteiger partial charge < -0.3 is 9.80 Å². The first-order valence-electron chi connectivity index (χ1n) is 7.09. The molecule has 0 aliphatic carbocycles. The lowest BCUT2D eigenvalue weighted by molar-refractivity contribution is -0.385. The highest BCUT2D eigenvalue weighted by Gasteiger charge is 2.35. The van der Waals surface area contributed by atoms with E-state index in [0.29, 0.717) is 4.90 Å². The Kier molecular flexibility index (Phi) is 5.88. The Labute approximate surface area is 144 Å². The van der Waals surface area contributed by atoms with E-state index in [2.05, 4.69) is 0 Å². The number of hydrogen-bond acceptors (Lipinski definition) is 5. The molecule has 25 heavy (non-hydrogen) atoms. The van der Waals surface area contributed by atoms with E-state index >= 15 is 0 Å². The zero-order chi connectivity index (χ0) is 18.6. The Morgan fingerprint density at radius 3 is 2.60 bits per heavy atom. The predicted molar refractivity (Wildman–Crippen MR) is 83.6 cm³/mol. The molecule has 7 nitrogen and oxygen atoms in total. The largest absolute Gasteiger partial charge is 0.406 e. The Morgan fingerprint density at radius 1 is 1.36 bits per heavy atom. The standard InChI is InChI=1S/C14H14F3N3O4S/c15-14(16,17)8-18(12(21)6-19-9-25-7-13(19)22)5-10-3-1-2-4-11(10)20(23)24/h1-4H,5-9H2. The van der Waals surface area contributed by atoms with Crippen LogP contribution in [0.1, 0.15) is 5.56 Å². The maximum atomic E-state index is 12.8. The maximum absolute atomic E-state index is 12.8. The van der Waals surface area contributed by atoms with Crippen LogP contribution >= 0.6 is 11.8 Å². The summed E-state index contributed by atoms with van der Waals surface area (Å²) >= 11 is 1.26. The van der Waals surface area contributed by atoms with Crippen molar-refractivity contribution in [2.24, 2.45) is 0 Å². The number of thioether (sulfide) groups is 1. The number of carbonyl (C=O) groups excluding carboxylic acids is 2. The molecule has 1 saturated heterocycles. The van der Waals surface area contributed by atoms with E-state index in [1.54, 1.807) is 0 Å². The number of carbonyl (C=O) groups is 2. The highest BCUT2D eigenvalue weighted by molar-refractivity contribution is 8.00. The van der Waals surface area contributed by atoms with Gasteiger partial charge in [0.15, 0.2) is 0 Å². The Hall–Kier alpha value is -2.30. The van der Waals surface area contributed by atoms with E-state index in [4.69, 9.17) is 0 Å². The van der Waals surface area contributed by atoms with E-state index in [1.165, 1.54) is 30.0 Å². The van der Waals surface area contributed by atoms with Crippen molar-refractivity contribution < 1.29 is 27.7 Å². The van der Waals surface area contributed by atoms with Gasteiger partial charge in [-0.1, -0.05) is 18.2 Å². The van der Waals surface area contributed by atoms with Crippen molar-refractivity contribution in [2.45, 2.75) is 12.7 Å². The van der Waals surface area contributed by atoms with Crippen LogP contribution in [0.5, 0.6) is 0 Å². The van der Waals surface area contributed by atoms with Gasteiger partial charge in [-0.2, -0.15) is 13.2 Å². The number of halogens is 3. The minimum Gasteiger partial charge on any atom is -0.327 e. The number of rotatable bonds is 6. The third kappa shape index (κ3) is 5.34. The lowest BCUT2D eigenvalue weighted by atomic mass is 10.1. The van der Waals surface area contributed by atoms with Gasteiger partial charge in [0.1, 0.15) is 13.1 Å². The van der Waals surface area contributed by atoms with Gasteiger partial charge in [0, 0.05) is 11.6 Å². The molecule has 1 aliphatic rings. The van der Waals surface area contributed by atoms with Crippen LogP contribution in [0.15, 0.2) is 24.3 Å². The van der Waals surface area contributed by atoms with Gasteiger partial charge >= 0.3 is 6.18 Å². The first kappa shape index (κ1) is 19.0. The highest BCUT2D eigenvalue weighted by Crippen LogP contribution is 2.23. The van der Waals surface area contributed by atoms with Crippen molar-refractivity contribution in [1.82, 2.24) is 9.80 Å². The number of para-hydroxylation sites is 1. The van der Waals surface area contributed by atoms with Gasteiger partial charge in [0.05, 0.1) is 23.1 Å². The third-order valence-corrected chi connectivity index (χ3v) is 4.37. The maximum Gasteiger partial charge on any atom is 0.406 e. The minimum atomic E-state index is -4.66. The van der Waals surface area contributed by atoms with E-state index in [0.717, 1.165) is 11.0 Å². The predicted octanol–water partition coefficient (Wildman–Crippen LogP) is 2.02. The van der Waals surface area contributed by atoms with Crippen LogP contribution in [-0.2, 0) is 16.1 Å². The summed E-state index contributed by atoms with van der Waals surface area (Å²) < 4.78 is 38.4. The lowest BCUT2D eigenvalue weighted by Gasteiger charge is -2.26. The summed E-state index contributed by atoms with van der Waals surface area (Å²) in [5.41, 5.74) is -0.373. The van der Waals surface area contributed by atoms with Gasteiger partial charge in [0.25, 0.3) is 5.69 Å². The molecule has 0 bridgehead atoms. The third-order valence-electron chi connectivity index (χ3n) is 3.42. The number of alkyl halides is 3. The molecular weight excluding hydrogens is 363 g/mol. The number of benzene rings is 1. The number of hydrogen-bond donors (Lipinski definition) is 0. The number of amides is 2. The molecule has 0 aromatic heterocycles. The van der Waals surface area contributed by atoms with E-state index < -0.39 is 36.6 Å². The van der Waals surface area contributed by atoms with Gasteiger partial charge in [0.2, 0.25) is 11.8 Å². The van der Waals surface area contributed by atoms with Crippen LogP contribution in [-0.4, -0.2) is 57.4 Å². The van der Waals surface area contributed by atoms with Crippen LogP contribution in [0.25, 0.3) is 0 Å². The lowest BCUT2D eigenvalue weighted by Crippen LogP contribution is -2.44. The van der Waals surface area contributed by atoms with E-state index in [-0.39, 0.29) is 28.8 Å². The summed E-state index contributed by atoms with van der Waals surface area (Å²) in [6.45, 7) is -2.60. The smallest absolute Gasteiger partial charge is 0.327 e. The van der Waals surface area contributed by atoms with Crippen molar-refractivity contribution in [3.63, 3.8) is 0 Å². The topological polar surface area (TPSA) is 83.8 Å². The van der Waals surface area contributed by atoms with Gasteiger partial charge in [-0.05, 0) is 0 Å². The SMILES string of the molecule is O=C1CSCN1CC(=O)N(Cc1ccccc1[N+](=O)[O-])CC(F)(F)F. The molecule has 136 valence electrons. The van der Waals surface area contributed by atoms with Crippen LogP contribution < -0.4 is 0 Å². The molecule has 0 spiro atoms. The monoisotopic (exact) mass is 377 g/mol.